The summed E-state index contributed by atoms with van der Waals surface area (Å²) in [7, 11) is 0. The van der Waals surface area contributed by atoms with E-state index < -0.39 is 0 Å². The van der Waals surface area contributed by atoms with Crippen LogP contribution >= 0.6 is 0 Å². The third kappa shape index (κ3) is 4.84. The number of rotatable bonds is 8. The Balaban J connectivity index is 2.42. The number of phenolic OH excluding ortho intramolecular Hbond substituents is 1. The predicted molar refractivity (Wildman–Crippen MR) is 105 cm³/mol. The van der Waals surface area contributed by atoms with Gasteiger partial charge in [0.1, 0.15) is 5.75 Å². The van der Waals surface area contributed by atoms with Crippen LogP contribution in [0.25, 0.3) is 11.3 Å². The highest BCUT2D eigenvalue weighted by Gasteiger charge is 2.18. The first kappa shape index (κ1) is 19.0. The Bertz CT molecular complexity index is 677. The SMILES string of the molecule is CC[C@@H](C)CN(C[C@H](C)CC)c1cc(-c2ccccc2O)nnc1N. The van der Waals surface area contributed by atoms with E-state index in [0.29, 0.717) is 28.9 Å². The van der Waals surface area contributed by atoms with E-state index in [2.05, 4.69) is 42.8 Å². The number of hydrogen-bond acceptors (Lipinski definition) is 5. The molecule has 136 valence electrons. The maximum Gasteiger partial charge on any atom is 0.169 e. The van der Waals surface area contributed by atoms with Crippen molar-refractivity contribution in [1.82, 2.24) is 10.2 Å². The summed E-state index contributed by atoms with van der Waals surface area (Å²) in [6, 6.07) is 9.11. The number of nitrogen functional groups attached to an aromatic ring is 1. The van der Waals surface area contributed by atoms with E-state index in [1.165, 1.54) is 0 Å². The van der Waals surface area contributed by atoms with Gasteiger partial charge in [-0.15, -0.1) is 10.2 Å². The molecule has 2 aromatic rings. The lowest BCUT2D eigenvalue weighted by molar-refractivity contribution is 0.477. The monoisotopic (exact) mass is 342 g/mol. The highest BCUT2D eigenvalue weighted by Crippen LogP contribution is 2.32. The van der Waals surface area contributed by atoms with Gasteiger partial charge in [-0.05, 0) is 30.0 Å². The number of benzene rings is 1. The van der Waals surface area contributed by atoms with Crippen LogP contribution in [0.3, 0.4) is 0 Å². The Labute approximate surface area is 150 Å². The summed E-state index contributed by atoms with van der Waals surface area (Å²) < 4.78 is 0. The molecule has 2 rings (SSSR count). The fraction of sp³-hybridized carbons (Fsp3) is 0.500. The molecule has 0 amide bonds. The Morgan fingerprint density at radius 2 is 1.64 bits per heavy atom. The Kier molecular flexibility index (Phi) is 6.62. The highest BCUT2D eigenvalue weighted by molar-refractivity contribution is 5.73. The normalized spacial score (nSPS) is 13.4. The molecule has 1 aromatic carbocycles. The zero-order valence-electron chi connectivity index (χ0n) is 15.7. The third-order valence-electron chi connectivity index (χ3n) is 4.78. The fourth-order valence-corrected chi connectivity index (χ4v) is 2.75. The summed E-state index contributed by atoms with van der Waals surface area (Å²) in [4.78, 5) is 2.32. The molecule has 3 N–H and O–H groups in total. The van der Waals surface area contributed by atoms with Crippen LogP contribution < -0.4 is 10.6 Å². The maximum atomic E-state index is 10.1. The van der Waals surface area contributed by atoms with Crippen molar-refractivity contribution in [3.8, 4) is 17.0 Å². The first-order valence-electron chi connectivity index (χ1n) is 9.12. The average molecular weight is 342 g/mol. The van der Waals surface area contributed by atoms with E-state index in [-0.39, 0.29) is 5.75 Å². The minimum atomic E-state index is 0.197. The molecule has 0 radical (unpaired) electrons. The smallest absolute Gasteiger partial charge is 0.169 e. The Morgan fingerprint density at radius 3 is 2.20 bits per heavy atom. The van der Waals surface area contributed by atoms with Gasteiger partial charge in [0.2, 0.25) is 0 Å². The molecule has 1 aromatic heterocycles. The summed E-state index contributed by atoms with van der Waals surface area (Å²) in [5.41, 5.74) is 8.37. The molecule has 0 unspecified atom stereocenters. The van der Waals surface area contributed by atoms with Crippen LogP contribution in [0.1, 0.15) is 40.5 Å². The van der Waals surface area contributed by atoms with Gasteiger partial charge < -0.3 is 15.7 Å². The number of nitrogens with zero attached hydrogens (tertiary/aromatic N) is 3. The molecule has 2 atom stereocenters. The van der Waals surface area contributed by atoms with Crippen molar-refractivity contribution in [3.05, 3.63) is 30.3 Å². The zero-order chi connectivity index (χ0) is 18.4. The number of aromatic nitrogens is 2. The van der Waals surface area contributed by atoms with E-state index in [1.807, 2.05) is 18.2 Å². The lowest BCUT2D eigenvalue weighted by atomic mass is 10.0. The van der Waals surface area contributed by atoms with Crippen LogP contribution in [0.15, 0.2) is 30.3 Å². The number of nitrogens with two attached hydrogens (primary N) is 1. The van der Waals surface area contributed by atoms with Gasteiger partial charge in [-0.1, -0.05) is 52.7 Å². The summed E-state index contributed by atoms with van der Waals surface area (Å²) in [5.74, 6) is 1.75. The number of para-hydroxylation sites is 1. The largest absolute Gasteiger partial charge is 0.507 e. The van der Waals surface area contributed by atoms with Crippen LogP contribution in [0, 0.1) is 11.8 Å². The summed E-state index contributed by atoms with van der Waals surface area (Å²) in [5, 5.41) is 18.5. The average Bonchev–Trinajstić information content (AvgIpc) is 2.62. The number of aromatic hydroxyl groups is 1. The molecule has 0 saturated heterocycles. The summed E-state index contributed by atoms with van der Waals surface area (Å²) in [6.07, 6.45) is 2.23. The van der Waals surface area contributed by atoms with Gasteiger partial charge in [-0.25, -0.2) is 0 Å². The van der Waals surface area contributed by atoms with Crippen LogP contribution in [0.5, 0.6) is 5.75 Å². The van der Waals surface area contributed by atoms with Crippen LogP contribution in [0.2, 0.25) is 0 Å². The number of hydrogen-bond donors (Lipinski definition) is 2. The van der Waals surface area contributed by atoms with Crippen molar-refractivity contribution in [3.63, 3.8) is 0 Å². The molecule has 5 nitrogen and oxygen atoms in total. The van der Waals surface area contributed by atoms with Crippen molar-refractivity contribution in [2.24, 2.45) is 11.8 Å². The second-order valence-corrected chi connectivity index (χ2v) is 6.95. The highest BCUT2D eigenvalue weighted by atomic mass is 16.3. The third-order valence-corrected chi connectivity index (χ3v) is 4.78. The first-order valence-corrected chi connectivity index (χ1v) is 9.12. The molecule has 0 spiro atoms. The van der Waals surface area contributed by atoms with E-state index in [0.717, 1.165) is 31.6 Å². The number of anilines is 2. The Hall–Kier alpha value is -2.30. The van der Waals surface area contributed by atoms with Crippen molar-refractivity contribution < 1.29 is 5.11 Å². The fourth-order valence-electron chi connectivity index (χ4n) is 2.75. The molecule has 0 saturated carbocycles. The summed E-state index contributed by atoms with van der Waals surface area (Å²) >= 11 is 0. The molecule has 1 heterocycles. The van der Waals surface area contributed by atoms with E-state index in [9.17, 15) is 5.11 Å². The molecule has 25 heavy (non-hydrogen) atoms. The quantitative estimate of drug-likeness (QED) is 0.747. The van der Waals surface area contributed by atoms with Crippen LogP contribution in [-0.2, 0) is 0 Å². The molecule has 0 aliphatic rings. The van der Waals surface area contributed by atoms with Crippen molar-refractivity contribution in [2.75, 3.05) is 23.7 Å². The molecule has 0 bridgehead atoms. The lowest BCUT2D eigenvalue weighted by Gasteiger charge is -2.30. The first-order chi connectivity index (χ1) is 12.0. The molecule has 0 aliphatic carbocycles. The second-order valence-electron chi connectivity index (χ2n) is 6.95. The van der Waals surface area contributed by atoms with Gasteiger partial charge in [-0.3, -0.25) is 0 Å². The van der Waals surface area contributed by atoms with Crippen LogP contribution in [-0.4, -0.2) is 28.4 Å². The standard InChI is InChI=1S/C20H30N4O/c1-5-14(3)12-24(13-15(4)6-2)18-11-17(22-23-20(18)21)16-9-7-8-10-19(16)25/h7-11,14-15,25H,5-6,12-13H2,1-4H3,(H2,21,23)/t14-,15-/m1/s1. The van der Waals surface area contributed by atoms with Crippen molar-refractivity contribution in [1.29, 1.82) is 0 Å². The molecule has 0 aliphatic heterocycles. The predicted octanol–water partition coefficient (Wildman–Crippen LogP) is 4.33. The van der Waals surface area contributed by atoms with E-state index in [1.54, 1.807) is 12.1 Å². The minimum Gasteiger partial charge on any atom is -0.507 e. The molecular weight excluding hydrogens is 312 g/mol. The van der Waals surface area contributed by atoms with Gasteiger partial charge in [0, 0.05) is 18.7 Å². The topological polar surface area (TPSA) is 75.3 Å². The molecule has 0 fully saturated rings. The second kappa shape index (κ2) is 8.70. The Morgan fingerprint density at radius 1 is 1.04 bits per heavy atom. The van der Waals surface area contributed by atoms with Gasteiger partial charge in [-0.2, -0.15) is 0 Å². The molecular formula is C20H30N4O. The van der Waals surface area contributed by atoms with Gasteiger partial charge in [0.15, 0.2) is 5.82 Å². The van der Waals surface area contributed by atoms with Gasteiger partial charge in [0.05, 0.1) is 11.4 Å². The van der Waals surface area contributed by atoms with Crippen molar-refractivity contribution >= 4 is 11.5 Å². The zero-order valence-corrected chi connectivity index (χ0v) is 15.7. The van der Waals surface area contributed by atoms with Crippen LogP contribution in [0.4, 0.5) is 11.5 Å². The van der Waals surface area contributed by atoms with Gasteiger partial charge in [0.25, 0.3) is 0 Å². The van der Waals surface area contributed by atoms with E-state index in [4.69, 9.17) is 5.73 Å². The maximum absolute atomic E-state index is 10.1. The van der Waals surface area contributed by atoms with Crippen molar-refractivity contribution in [2.45, 2.75) is 40.5 Å². The number of phenols is 1. The molecule has 5 heteroatoms. The minimum absolute atomic E-state index is 0.197. The van der Waals surface area contributed by atoms with Gasteiger partial charge >= 0.3 is 0 Å². The van der Waals surface area contributed by atoms with E-state index >= 15 is 0 Å². The lowest BCUT2D eigenvalue weighted by Crippen LogP contribution is -2.33. The summed E-state index contributed by atoms with van der Waals surface area (Å²) in [6.45, 7) is 10.8.